The summed E-state index contributed by atoms with van der Waals surface area (Å²) in [5.74, 6) is 0.807. The predicted molar refractivity (Wildman–Crippen MR) is 104 cm³/mol. The number of rotatable bonds is 5. The number of nitrogens with two attached hydrogens (primary N) is 1. The van der Waals surface area contributed by atoms with E-state index in [4.69, 9.17) is 15.2 Å². The molecule has 0 fully saturated rings. The van der Waals surface area contributed by atoms with Gasteiger partial charge in [-0.2, -0.15) is 0 Å². The van der Waals surface area contributed by atoms with Crippen LogP contribution in [0.15, 0.2) is 27.8 Å². The number of fused-ring (bicyclic) bond motifs is 1. The first kappa shape index (κ1) is 19.7. The lowest BCUT2D eigenvalue weighted by molar-refractivity contribution is 0.0860. The molecule has 0 aliphatic carbocycles. The Bertz CT molecular complexity index is 1040. The number of aromatic nitrogens is 2. The second-order valence-corrected chi connectivity index (χ2v) is 6.90. The van der Waals surface area contributed by atoms with Gasteiger partial charge in [0.05, 0.1) is 6.04 Å². The summed E-state index contributed by atoms with van der Waals surface area (Å²) in [5.41, 5.74) is 5.40. The molecule has 0 radical (unpaired) electrons. The van der Waals surface area contributed by atoms with Crippen molar-refractivity contribution in [1.82, 2.24) is 14.0 Å². The largest absolute Gasteiger partial charge is 0.486 e. The summed E-state index contributed by atoms with van der Waals surface area (Å²) < 4.78 is 13.1. The molecule has 9 heteroatoms. The molecule has 2 heterocycles. The van der Waals surface area contributed by atoms with Crippen LogP contribution in [0.2, 0.25) is 0 Å². The number of ether oxygens (including phenoxy) is 2. The second-order valence-electron chi connectivity index (χ2n) is 6.90. The van der Waals surface area contributed by atoms with Crippen LogP contribution in [0.1, 0.15) is 22.8 Å². The molecule has 1 aliphatic rings. The zero-order valence-electron chi connectivity index (χ0n) is 16.4. The van der Waals surface area contributed by atoms with Crippen LogP contribution < -0.4 is 26.5 Å². The average Bonchev–Trinajstić information content (AvgIpc) is 2.70. The average molecular weight is 388 g/mol. The smallest absolute Gasteiger partial charge is 0.332 e. The lowest BCUT2D eigenvalue weighted by Crippen LogP contribution is -2.45. The maximum Gasteiger partial charge on any atom is 0.332 e. The number of carbonyl (C=O) groups is 1. The summed E-state index contributed by atoms with van der Waals surface area (Å²) in [6, 6.07) is 4.99. The Morgan fingerprint density at radius 3 is 2.50 bits per heavy atom. The van der Waals surface area contributed by atoms with Gasteiger partial charge in [-0.3, -0.25) is 23.6 Å². The van der Waals surface area contributed by atoms with E-state index in [1.165, 1.54) is 14.1 Å². The van der Waals surface area contributed by atoms with Crippen LogP contribution in [0.3, 0.4) is 0 Å². The molecule has 0 spiro atoms. The second kappa shape index (κ2) is 7.51. The summed E-state index contributed by atoms with van der Waals surface area (Å²) in [6.07, 6.45) is 0. The third kappa shape index (κ3) is 3.40. The monoisotopic (exact) mass is 388 g/mol. The van der Waals surface area contributed by atoms with Gasteiger partial charge in [0, 0.05) is 20.6 Å². The summed E-state index contributed by atoms with van der Waals surface area (Å²) >= 11 is 0. The van der Waals surface area contributed by atoms with Crippen molar-refractivity contribution in [3.05, 3.63) is 50.2 Å². The Morgan fingerprint density at radius 2 is 1.82 bits per heavy atom. The fraction of sp³-hybridized carbons (Fsp3) is 0.421. The minimum atomic E-state index is -0.690. The molecule has 9 nitrogen and oxygen atoms in total. The Morgan fingerprint density at radius 1 is 1.18 bits per heavy atom. The minimum absolute atomic E-state index is 0.127. The summed E-state index contributed by atoms with van der Waals surface area (Å²) in [6.45, 7) is 3.17. The van der Waals surface area contributed by atoms with E-state index in [0.717, 1.165) is 14.7 Å². The van der Waals surface area contributed by atoms with E-state index in [1.807, 2.05) is 18.2 Å². The normalized spacial score (nSPS) is 14.2. The number of hydrogen-bond donors (Lipinski definition) is 1. The fourth-order valence-electron chi connectivity index (χ4n) is 3.11. The maximum atomic E-state index is 13.0. The number of ketones is 1. The number of hydrogen-bond acceptors (Lipinski definition) is 7. The van der Waals surface area contributed by atoms with Gasteiger partial charge in [0.15, 0.2) is 17.3 Å². The Hall–Kier alpha value is -3.07. The summed E-state index contributed by atoms with van der Waals surface area (Å²) in [4.78, 5) is 39.2. The highest BCUT2D eigenvalue weighted by atomic mass is 16.6. The topological polar surface area (TPSA) is 109 Å². The van der Waals surface area contributed by atoms with Crippen LogP contribution in [-0.4, -0.2) is 46.1 Å². The van der Waals surface area contributed by atoms with E-state index in [-0.39, 0.29) is 11.4 Å². The van der Waals surface area contributed by atoms with Crippen molar-refractivity contribution in [2.75, 3.05) is 26.0 Å². The molecule has 1 atom stereocenters. The van der Waals surface area contributed by atoms with Crippen LogP contribution in [0.5, 0.6) is 11.5 Å². The van der Waals surface area contributed by atoms with E-state index in [1.54, 1.807) is 18.9 Å². The van der Waals surface area contributed by atoms with Gasteiger partial charge in [-0.1, -0.05) is 6.07 Å². The van der Waals surface area contributed by atoms with Crippen molar-refractivity contribution in [3.8, 4) is 11.5 Å². The van der Waals surface area contributed by atoms with Crippen molar-refractivity contribution in [2.45, 2.75) is 19.5 Å². The molecule has 0 amide bonds. The molecule has 3 rings (SSSR count). The van der Waals surface area contributed by atoms with E-state index < -0.39 is 23.1 Å². The third-order valence-electron chi connectivity index (χ3n) is 5.04. The number of anilines is 1. The molecule has 2 aromatic rings. The lowest BCUT2D eigenvalue weighted by atomic mass is 10.1. The highest BCUT2D eigenvalue weighted by molar-refractivity contribution is 6.03. The number of nitrogen functional groups attached to an aromatic ring is 1. The van der Waals surface area contributed by atoms with Crippen molar-refractivity contribution in [2.24, 2.45) is 14.1 Å². The van der Waals surface area contributed by atoms with Gasteiger partial charge >= 0.3 is 5.69 Å². The molecule has 0 saturated heterocycles. The Kier molecular flexibility index (Phi) is 5.28. The van der Waals surface area contributed by atoms with Gasteiger partial charge in [0.2, 0.25) is 0 Å². The summed E-state index contributed by atoms with van der Waals surface area (Å²) in [5, 5.41) is 0. The standard InChI is InChI=1S/C19H24N4O5/c1-11(16(24)15-17(20)22(3)19(26)23(4)18(15)25)21(2)10-12-5-6-13-14(9-12)28-8-7-27-13/h5-6,9,11H,7-8,10,20H2,1-4H3/t11-/m0/s1. The van der Waals surface area contributed by atoms with Gasteiger partial charge in [0.25, 0.3) is 5.56 Å². The van der Waals surface area contributed by atoms with Gasteiger partial charge in [-0.15, -0.1) is 0 Å². The number of nitrogens with zero attached hydrogens (tertiary/aromatic N) is 3. The third-order valence-corrected chi connectivity index (χ3v) is 5.04. The van der Waals surface area contributed by atoms with Gasteiger partial charge in [-0.05, 0) is 31.7 Å². The minimum Gasteiger partial charge on any atom is -0.486 e. The molecular weight excluding hydrogens is 364 g/mol. The first-order chi connectivity index (χ1) is 13.2. The SMILES string of the molecule is C[C@@H](C(=O)c1c(N)n(C)c(=O)n(C)c1=O)N(C)Cc1ccc2c(c1)OCCO2. The molecule has 1 aliphatic heterocycles. The van der Waals surface area contributed by atoms with Crippen LogP contribution in [0.25, 0.3) is 0 Å². The molecule has 28 heavy (non-hydrogen) atoms. The molecule has 150 valence electrons. The number of carbonyl (C=O) groups excluding carboxylic acids is 1. The zero-order valence-corrected chi connectivity index (χ0v) is 16.4. The zero-order chi connectivity index (χ0) is 20.6. The van der Waals surface area contributed by atoms with Gasteiger partial charge < -0.3 is 15.2 Å². The fourth-order valence-corrected chi connectivity index (χ4v) is 3.11. The van der Waals surface area contributed by atoms with Crippen LogP contribution in [-0.2, 0) is 20.6 Å². The highest BCUT2D eigenvalue weighted by Gasteiger charge is 2.27. The Balaban J connectivity index is 1.84. The van der Waals surface area contributed by atoms with Crippen LogP contribution in [0.4, 0.5) is 5.82 Å². The maximum absolute atomic E-state index is 13.0. The van der Waals surface area contributed by atoms with Crippen molar-refractivity contribution in [1.29, 1.82) is 0 Å². The van der Waals surface area contributed by atoms with Crippen molar-refractivity contribution < 1.29 is 14.3 Å². The molecule has 2 N–H and O–H groups in total. The van der Waals surface area contributed by atoms with Crippen molar-refractivity contribution in [3.63, 3.8) is 0 Å². The highest BCUT2D eigenvalue weighted by Crippen LogP contribution is 2.31. The number of likely N-dealkylation sites (N-methyl/N-ethyl adjacent to an activating group) is 1. The van der Waals surface area contributed by atoms with E-state index >= 15 is 0 Å². The van der Waals surface area contributed by atoms with E-state index in [0.29, 0.717) is 31.3 Å². The molecule has 0 saturated carbocycles. The summed E-state index contributed by atoms with van der Waals surface area (Å²) in [7, 11) is 4.53. The molecule has 1 aromatic carbocycles. The van der Waals surface area contributed by atoms with E-state index in [2.05, 4.69) is 0 Å². The molecular formula is C19H24N4O5. The predicted octanol–water partition coefficient (Wildman–Crippen LogP) is 0.141. The number of Topliss-reactive ketones (excluding diaryl/α,β-unsaturated/α-hetero) is 1. The first-order valence-electron chi connectivity index (χ1n) is 8.90. The first-order valence-corrected chi connectivity index (χ1v) is 8.90. The van der Waals surface area contributed by atoms with Crippen molar-refractivity contribution >= 4 is 11.6 Å². The number of benzene rings is 1. The quantitative estimate of drug-likeness (QED) is 0.726. The molecule has 0 unspecified atom stereocenters. The lowest BCUT2D eigenvalue weighted by Gasteiger charge is -2.25. The van der Waals surface area contributed by atoms with E-state index in [9.17, 15) is 14.4 Å². The Labute approximate surface area is 161 Å². The van der Waals surface area contributed by atoms with Gasteiger partial charge in [-0.25, -0.2) is 4.79 Å². The molecule has 1 aromatic heterocycles. The van der Waals surface area contributed by atoms with Crippen LogP contribution >= 0.6 is 0 Å². The van der Waals surface area contributed by atoms with Crippen LogP contribution in [0, 0.1) is 0 Å². The molecule has 0 bridgehead atoms. The van der Waals surface area contributed by atoms with Gasteiger partial charge in [0.1, 0.15) is 24.6 Å².